The molecule has 6 heteroatoms. The van der Waals surface area contributed by atoms with Crippen LogP contribution in [0.1, 0.15) is 0 Å². The molecule has 0 saturated carbocycles. The molecule has 2 aromatic heterocycles. The molecule has 0 saturated heterocycles. The molecule has 2 aromatic rings. The molecule has 0 bridgehead atoms. The SMILES string of the molecule is CS(=O)(=O)[n+]1cc2cccc(Br)n2c1. The summed E-state index contributed by atoms with van der Waals surface area (Å²) in [7, 11) is -3.21. The van der Waals surface area contributed by atoms with Crippen molar-refractivity contribution in [2.24, 2.45) is 0 Å². The first-order valence-electron chi connectivity index (χ1n) is 3.87. The van der Waals surface area contributed by atoms with Gasteiger partial charge in [0.25, 0.3) is 6.33 Å². The molecule has 0 fully saturated rings. The minimum absolute atomic E-state index is 0.817. The molecule has 0 aliphatic rings. The van der Waals surface area contributed by atoms with Crippen molar-refractivity contribution in [1.29, 1.82) is 0 Å². The van der Waals surface area contributed by atoms with E-state index in [0.29, 0.717) is 0 Å². The third-order valence-corrected chi connectivity index (χ3v) is 3.49. The van der Waals surface area contributed by atoms with Crippen LogP contribution >= 0.6 is 15.9 Å². The molecule has 2 rings (SSSR count). The molecule has 0 radical (unpaired) electrons. The normalized spacial score (nSPS) is 12.1. The third kappa shape index (κ3) is 1.55. The number of aromatic nitrogens is 2. The Kier molecular flexibility index (Phi) is 2.11. The molecular weight excluding hydrogens is 268 g/mol. The van der Waals surface area contributed by atoms with E-state index < -0.39 is 10.0 Å². The quantitative estimate of drug-likeness (QED) is 0.571. The third-order valence-electron chi connectivity index (χ3n) is 1.88. The van der Waals surface area contributed by atoms with Crippen LogP contribution < -0.4 is 3.97 Å². The minimum Gasteiger partial charge on any atom is -0.188 e. The Morgan fingerprint density at radius 1 is 1.43 bits per heavy atom. The van der Waals surface area contributed by atoms with Gasteiger partial charge in [-0.1, -0.05) is 6.07 Å². The highest BCUT2D eigenvalue weighted by molar-refractivity contribution is 9.10. The van der Waals surface area contributed by atoms with E-state index in [1.165, 1.54) is 16.6 Å². The van der Waals surface area contributed by atoms with Crippen molar-refractivity contribution in [1.82, 2.24) is 4.40 Å². The number of hydrogen-bond acceptors (Lipinski definition) is 2. The second kappa shape index (κ2) is 3.06. The zero-order chi connectivity index (χ0) is 10.3. The Balaban J connectivity index is 2.81. The summed E-state index contributed by atoms with van der Waals surface area (Å²) in [6, 6.07) is 5.54. The molecule has 0 unspecified atom stereocenters. The molecule has 0 N–H and O–H groups in total. The monoisotopic (exact) mass is 275 g/mol. The van der Waals surface area contributed by atoms with Gasteiger partial charge in [0.05, 0.1) is 6.26 Å². The van der Waals surface area contributed by atoms with E-state index >= 15 is 0 Å². The average molecular weight is 276 g/mol. The first kappa shape index (κ1) is 9.67. The lowest BCUT2D eigenvalue weighted by atomic mass is 10.4. The molecular formula is C8H8BrN2O2S+. The molecule has 0 aliphatic heterocycles. The van der Waals surface area contributed by atoms with Gasteiger partial charge in [0.1, 0.15) is 0 Å². The molecule has 2 heterocycles. The fourth-order valence-electron chi connectivity index (χ4n) is 1.20. The zero-order valence-electron chi connectivity index (χ0n) is 7.38. The first-order valence-corrected chi connectivity index (χ1v) is 6.51. The second-order valence-corrected chi connectivity index (χ2v) is 5.68. The van der Waals surface area contributed by atoms with Gasteiger partial charge < -0.3 is 0 Å². The van der Waals surface area contributed by atoms with Crippen molar-refractivity contribution in [2.45, 2.75) is 0 Å². The van der Waals surface area contributed by atoms with Crippen LogP contribution in [0, 0.1) is 0 Å². The van der Waals surface area contributed by atoms with Gasteiger partial charge in [-0.2, -0.15) is 12.8 Å². The van der Waals surface area contributed by atoms with Gasteiger partial charge in [-0.25, -0.2) is 0 Å². The highest BCUT2D eigenvalue weighted by atomic mass is 79.9. The van der Waals surface area contributed by atoms with Gasteiger partial charge in [-0.05, 0) is 28.1 Å². The maximum Gasteiger partial charge on any atom is 0.302 e. The fraction of sp³-hybridized carbons (Fsp3) is 0.125. The number of fused-ring (bicyclic) bond motifs is 1. The summed E-state index contributed by atoms with van der Waals surface area (Å²) in [6.07, 6.45) is 4.26. The lowest BCUT2D eigenvalue weighted by Crippen LogP contribution is -2.39. The van der Waals surface area contributed by atoms with Crippen molar-refractivity contribution in [3.8, 4) is 0 Å². The smallest absolute Gasteiger partial charge is 0.188 e. The Morgan fingerprint density at radius 3 is 2.71 bits per heavy atom. The highest BCUT2D eigenvalue weighted by Crippen LogP contribution is 2.11. The molecule has 0 spiro atoms. The number of halogens is 1. The Hall–Kier alpha value is -0.880. The second-order valence-electron chi connectivity index (χ2n) is 2.98. The van der Waals surface area contributed by atoms with Gasteiger partial charge in [0.15, 0.2) is 16.3 Å². The maximum absolute atomic E-state index is 11.2. The van der Waals surface area contributed by atoms with Crippen LogP contribution in [0.4, 0.5) is 0 Å². The maximum atomic E-state index is 11.2. The number of nitrogens with zero attached hydrogens (tertiary/aromatic N) is 2. The van der Waals surface area contributed by atoms with E-state index in [9.17, 15) is 8.42 Å². The van der Waals surface area contributed by atoms with Gasteiger partial charge in [-0.15, -0.1) is 3.97 Å². The molecule has 74 valence electrons. The van der Waals surface area contributed by atoms with E-state index in [-0.39, 0.29) is 0 Å². The number of rotatable bonds is 1. The molecule has 0 aliphatic carbocycles. The standard InChI is InChI=1S/C8H8BrN2O2S/c1-14(12,13)10-5-7-3-2-4-8(9)11(7)6-10/h2-6H,1H3/q+1. The summed E-state index contributed by atoms with van der Waals surface area (Å²) >= 11 is 3.33. The highest BCUT2D eigenvalue weighted by Gasteiger charge is 2.15. The summed E-state index contributed by atoms with van der Waals surface area (Å²) in [5.41, 5.74) is 0.824. The van der Waals surface area contributed by atoms with Crippen molar-refractivity contribution >= 4 is 31.5 Å². The number of pyridine rings is 1. The van der Waals surface area contributed by atoms with Crippen LogP contribution in [0.15, 0.2) is 35.3 Å². The van der Waals surface area contributed by atoms with Gasteiger partial charge in [-0.3, -0.25) is 0 Å². The number of hydrogen-bond donors (Lipinski definition) is 0. The molecule has 14 heavy (non-hydrogen) atoms. The lowest BCUT2D eigenvalue weighted by molar-refractivity contribution is -0.508. The average Bonchev–Trinajstić information content (AvgIpc) is 2.48. The molecule has 4 nitrogen and oxygen atoms in total. The van der Waals surface area contributed by atoms with Crippen molar-refractivity contribution < 1.29 is 12.4 Å². The van der Waals surface area contributed by atoms with Crippen LogP contribution in [0.2, 0.25) is 0 Å². The Labute approximate surface area is 90.0 Å². The topological polar surface area (TPSA) is 42.4 Å². The number of imidazole rings is 1. The van der Waals surface area contributed by atoms with Crippen LogP contribution in [0.25, 0.3) is 5.52 Å². The van der Waals surface area contributed by atoms with Crippen LogP contribution in [-0.2, 0) is 10.0 Å². The lowest BCUT2D eigenvalue weighted by Gasteiger charge is -1.87. The largest absolute Gasteiger partial charge is 0.302 e. The van der Waals surface area contributed by atoms with E-state index in [4.69, 9.17) is 0 Å². The van der Waals surface area contributed by atoms with Gasteiger partial charge in [0, 0.05) is 0 Å². The van der Waals surface area contributed by atoms with E-state index in [0.717, 1.165) is 10.1 Å². The fourth-order valence-corrected chi connectivity index (χ4v) is 2.21. The predicted molar refractivity (Wildman–Crippen MR) is 55.5 cm³/mol. The molecule has 0 aromatic carbocycles. The van der Waals surface area contributed by atoms with Gasteiger partial charge in [0.2, 0.25) is 0 Å². The summed E-state index contributed by atoms with van der Waals surface area (Å²) in [4.78, 5) is 0. The van der Waals surface area contributed by atoms with Gasteiger partial charge >= 0.3 is 10.0 Å². The molecule has 0 amide bonds. The van der Waals surface area contributed by atoms with Crippen LogP contribution in [-0.4, -0.2) is 19.1 Å². The van der Waals surface area contributed by atoms with E-state index in [1.807, 2.05) is 18.2 Å². The van der Waals surface area contributed by atoms with E-state index in [1.54, 1.807) is 10.6 Å². The Bertz CT molecular complexity index is 588. The first-order chi connectivity index (χ1) is 6.48. The van der Waals surface area contributed by atoms with Crippen molar-refractivity contribution in [3.63, 3.8) is 0 Å². The summed E-state index contributed by atoms with van der Waals surface area (Å²) < 4.78 is 26.3. The molecule has 0 atom stereocenters. The van der Waals surface area contributed by atoms with Crippen LogP contribution in [0.5, 0.6) is 0 Å². The Morgan fingerprint density at radius 2 is 2.14 bits per heavy atom. The van der Waals surface area contributed by atoms with Crippen LogP contribution in [0.3, 0.4) is 0 Å². The predicted octanol–water partition coefficient (Wildman–Crippen LogP) is 0.797. The summed E-state index contributed by atoms with van der Waals surface area (Å²) in [5.74, 6) is 0. The summed E-state index contributed by atoms with van der Waals surface area (Å²) in [6.45, 7) is 0. The summed E-state index contributed by atoms with van der Waals surface area (Å²) in [5, 5.41) is 0. The minimum atomic E-state index is -3.21. The van der Waals surface area contributed by atoms with Crippen molar-refractivity contribution in [2.75, 3.05) is 6.26 Å². The van der Waals surface area contributed by atoms with E-state index in [2.05, 4.69) is 15.9 Å². The zero-order valence-corrected chi connectivity index (χ0v) is 9.79. The van der Waals surface area contributed by atoms with Crippen molar-refractivity contribution in [3.05, 3.63) is 35.3 Å².